The summed E-state index contributed by atoms with van der Waals surface area (Å²) in [5.41, 5.74) is 0.661. The molecule has 2 heterocycles. The maximum atomic E-state index is 12.1. The van der Waals surface area contributed by atoms with Gasteiger partial charge in [-0.1, -0.05) is 17.8 Å². The van der Waals surface area contributed by atoms with Gasteiger partial charge in [0.2, 0.25) is 5.91 Å². The number of carbonyl (C=O) groups excluding carboxylic acids is 1. The van der Waals surface area contributed by atoms with Crippen molar-refractivity contribution >= 4 is 29.0 Å². The first kappa shape index (κ1) is 19.2. The van der Waals surface area contributed by atoms with E-state index >= 15 is 0 Å². The number of rotatable bonds is 8. The summed E-state index contributed by atoms with van der Waals surface area (Å²) < 4.78 is 16.2. The van der Waals surface area contributed by atoms with Crippen LogP contribution in [0.3, 0.4) is 0 Å². The fourth-order valence-corrected chi connectivity index (χ4v) is 3.68. The Bertz CT molecular complexity index is 896. The van der Waals surface area contributed by atoms with Gasteiger partial charge in [-0.25, -0.2) is 0 Å². The van der Waals surface area contributed by atoms with E-state index in [1.807, 2.05) is 24.4 Å². The van der Waals surface area contributed by atoms with Crippen LogP contribution in [-0.2, 0) is 4.79 Å². The van der Waals surface area contributed by atoms with Gasteiger partial charge in [-0.05, 0) is 30.5 Å². The minimum Gasteiger partial charge on any atom is -0.497 e. The average molecular weight is 406 g/mol. The lowest BCUT2D eigenvalue weighted by molar-refractivity contribution is -0.119. The van der Waals surface area contributed by atoms with Gasteiger partial charge in [0.1, 0.15) is 11.5 Å². The summed E-state index contributed by atoms with van der Waals surface area (Å²) in [4.78, 5) is 13.2. The summed E-state index contributed by atoms with van der Waals surface area (Å²) in [5.74, 6) is 1.65. The number of amides is 1. The van der Waals surface area contributed by atoms with E-state index in [1.54, 1.807) is 43.8 Å². The van der Waals surface area contributed by atoms with Crippen molar-refractivity contribution in [3.63, 3.8) is 0 Å². The van der Waals surface area contributed by atoms with Crippen LogP contribution in [0, 0.1) is 0 Å². The van der Waals surface area contributed by atoms with Gasteiger partial charge in [0.05, 0.1) is 31.6 Å². The van der Waals surface area contributed by atoms with E-state index in [0.29, 0.717) is 28.2 Å². The highest BCUT2D eigenvalue weighted by atomic mass is 32.2. The lowest BCUT2D eigenvalue weighted by atomic mass is 10.2. The lowest BCUT2D eigenvalue weighted by Crippen LogP contribution is -2.27. The minimum absolute atomic E-state index is 0.0279. The fraction of sp³-hybridized carbons (Fsp3) is 0.278. The van der Waals surface area contributed by atoms with Gasteiger partial charge in [0, 0.05) is 10.9 Å². The number of ether oxygens (including phenoxy) is 2. The molecule has 0 radical (unpaired) electrons. The number of benzene rings is 1. The minimum atomic E-state index is -0.0947. The third-order valence-electron chi connectivity index (χ3n) is 3.72. The molecule has 0 aliphatic carbocycles. The second kappa shape index (κ2) is 8.92. The van der Waals surface area contributed by atoms with Gasteiger partial charge < -0.3 is 19.2 Å². The predicted molar refractivity (Wildman–Crippen MR) is 104 cm³/mol. The van der Waals surface area contributed by atoms with Crippen molar-refractivity contribution in [2.45, 2.75) is 18.2 Å². The smallest absolute Gasteiger partial charge is 0.277 e. The van der Waals surface area contributed by atoms with Gasteiger partial charge in [-0.15, -0.1) is 21.5 Å². The van der Waals surface area contributed by atoms with Crippen LogP contribution in [0.4, 0.5) is 0 Å². The first-order chi connectivity index (χ1) is 13.1. The fourth-order valence-electron chi connectivity index (χ4n) is 2.37. The second-order valence-corrected chi connectivity index (χ2v) is 7.44. The molecule has 1 N–H and O–H groups in total. The van der Waals surface area contributed by atoms with Crippen LogP contribution in [0.2, 0.25) is 0 Å². The summed E-state index contributed by atoms with van der Waals surface area (Å²) >= 11 is 2.80. The zero-order chi connectivity index (χ0) is 19.2. The topological polar surface area (TPSA) is 86.5 Å². The van der Waals surface area contributed by atoms with Crippen LogP contribution < -0.4 is 14.8 Å². The van der Waals surface area contributed by atoms with Gasteiger partial charge in [-0.2, -0.15) is 0 Å². The van der Waals surface area contributed by atoms with Crippen molar-refractivity contribution in [2.75, 3.05) is 20.0 Å². The molecule has 1 aromatic carbocycles. The van der Waals surface area contributed by atoms with E-state index in [2.05, 4.69) is 15.5 Å². The number of hydrogen-bond acceptors (Lipinski definition) is 8. The molecular weight excluding hydrogens is 386 g/mol. The third-order valence-corrected chi connectivity index (χ3v) is 5.59. The van der Waals surface area contributed by atoms with Crippen molar-refractivity contribution in [2.24, 2.45) is 0 Å². The highest BCUT2D eigenvalue weighted by Crippen LogP contribution is 2.33. The second-order valence-electron chi connectivity index (χ2n) is 5.53. The van der Waals surface area contributed by atoms with Crippen molar-refractivity contribution in [3.8, 4) is 23.0 Å². The molecule has 2 aromatic heterocycles. The molecule has 0 saturated carbocycles. The summed E-state index contributed by atoms with van der Waals surface area (Å²) in [6.45, 7) is 1.95. The molecular formula is C18H19N3O4S2. The maximum Gasteiger partial charge on any atom is 0.277 e. The van der Waals surface area contributed by atoms with Gasteiger partial charge >= 0.3 is 0 Å². The van der Waals surface area contributed by atoms with E-state index < -0.39 is 0 Å². The van der Waals surface area contributed by atoms with Crippen LogP contribution in [0.1, 0.15) is 17.8 Å². The van der Waals surface area contributed by atoms with Crippen molar-refractivity contribution in [1.29, 1.82) is 0 Å². The monoisotopic (exact) mass is 405 g/mol. The Kier molecular flexibility index (Phi) is 6.36. The quantitative estimate of drug-likeness (QED) is 0.571. The van der Waals surface area contributed by atoms with E-state index in [-0.39, 0.29) is 17.7 Å². The number of carbonyl (C=O) groups is 1. The van der Waals surface area contributed by atoms with Crippen molar-refractivity contribution in [3.05, 3.63) is 40.6 Å². The Hall–Kier alpha value is -2.52. The van der Waals surface area contributed by atoms with E-state index in [1.165, 1.54) is 11.8 Å². The number of thioether (sulfide) groups is 1. The van der Waals surface area contributed by atoms with E-state index in [9.17, 15) is 4.79 Å². The molecule has 7 nitrogen and oxygen atoms in total. The maximum absolute atomic E-state index is 12.1. The molecule has 0 bridgehead atoms. The Labute approximate surface area is 165 Å². The zero-order valence-electron chi connectivity index (χ0n) is 15.1. The highest BCUT2D eigenvalue weighted by Gasteiger charge is 2.16. The van der Waals surface area contributed by atoms with Crippen LogP contribution in [-0.4, -0.2) is 36.1 Å². The molecule has 0 aliphatic rings. The molecule has 0 fully saturated rings. The first-order valence-corrected chi connectivity index (χ1v) is 9.98. The van der Waals surface area contributed by atoms with Crippen LogP contribution >= 0.6 is 23.1 Å². The number of aromatic nitrogens is 2. The van der Waals surface area contributed by atoms with E-state index in [0.717, 1.165) is 4.88 Å². The highest BCUT2D eigenvalue weighted by molar-refractivity contribution is 7.99. The third kappa shape index (κ3) is 4.81. The predicted octanol–water partition coefficient (Wildman–Crippen LogP) is 3.78. The Balaban J connectivity index is 1.60. The number of methoxy groups -OCH3 is 2. The number of nitrogens with one attached hydrogen (secondary N) is 1. The average Bonchev–Trinajstić information content (AvgIpc) is 3.37. The lowest BCUT2D eigenvalue weighted by Gasteiger charge is -2.11. The Morgan fingerprint density at radius 1 is 1.30 bits per heavy atom. The largest absolute Gasteiger partial charge is 0.497 e. The number of nitrogens with zero attached hydrogens (tertiary/aromatic N) is 2. The first-order valence-electron chi connectivity index (χ1n) is 8.12. The summed E-state index contributed by atoms with van der Waals surface area (Å²) in [6, 6.07) is 9.25. The van der Waals surface area contributed by atoms with E-state index in [4.69, 9.17) is 13.9 Å². The molecule has 3 rings (SSSR count). The number of hydrogen-bond donors (Lipinski definition) is 1. The van der Waals surface area contributed by atoms with Crippen LogP contribution in [0.25, 0.3) is 11.5 Å². The van der Waals surface area contributed by atoms with Gasteiger partial charge in [-0.3, -0.25) is 4.79 Å². The number of thiophene rings is 1. The summed E-state index contributed by atoms with van der Waals surface area (Å²) in [7, 11) is 3.14. The molecule has 27 heavy (non-hydrogen) atoms. The SMILES string of the molecule is COc1ccc(-c2nnc(SCC(=O)N[C@@H](C)c3cccs3)o2)c(OC)c1. The molecule has 1 amide bonds. The Morgan fingerprint density at radius 3 is 2.85 bits per heavy atom. The summed E-state index contributed by atoms with van der Waals surface area (Å²) in [5, 5.41) is 13.3. The zero-order valence-corrected chi connectivity index (χ0v) is 16.7. The Morgan fingerprint density at radius 2 is 2.15 bits per heavy atom. The van der Waals surface area contributed by atoms with Crippen LogP contribution in [0.5, 0.6) is 11.5 Å². The normalized spacial score (nSPS) is 11.8. The molecule has 1 atom stereocenters. The molecule has 3 aromatic rings. The summed E-state index contributed by atoms with van der Waals surface area (Å²) in [6.07, 6.45) is 0. The van der Waals surface area contributed by atoms with Crippen molar-refractivity contribution < 1.29 is 18.7 Å². The molecule has 142 valence electrons. The molecule has 9 heteroatoms. The van der Waals surface area contributed by atoms with Crippen LogP contribution in [0.15, 0.2) is 45.4 Å². The van der Waals surface area contributed by atoms with Gasteiger partial charge in [0.25, 0.3) is 11.1 Å². The van der Waals surface area contributed by atoms with Crippen molar-refractivity contribution in [1.82, 2.24) is 15.5 Å². The molecule has 0 unspecified atom stereocenters. The molecule has 0 saturated heterocycles. The van der Waals surface area contributed by atoms with Gasteiger partial charge in [0.15, 0.2) is 0 Å². The molecule has 0 spiro atoms. The standard InChI is InChI=1S/C18H19N3O4S2/c1-11(15-5-4-8-26-15)19-16(22)10-27-18-21-20-17(25-18)13-7-6-12(23-2)9-14(13)24-3/h4-9,11H,10H2,1-3H3,(H,19,22)/t11-/m0/s1. The molecule has 0 aliphatic heterocycles.